The zero-order chi connectivity index (χ0) is 18.8. The number of carbonyl (C=O) groups is 2. The van der Waals surface area contributed by atoms with Gasteiger partial charge in [0.2, 0.25) is 10.0 Å². The average Bonchev–Trinajstić information content (AvgIpc) is 2.51. The SMILES string of the molecule is C[C@@H]1CCC[C@@H](C)N1C(=O)COC(=O)c1ccc(Cl)c(S(N)(=O)=O)c1. The average molecular weight is 389 g/mol. The molecule has 9 heteroatoms. The van der Waals surface area contributed by atoms with E-state index in [0.717, 1.165) is 25.3 Å². The molecule has 1 aliphatic heterocycles. The van der Waals surface area contributed by atoms with Crippen LogP contribution in [0.5, 0.6) is 0 Å². The number of piperidine rings is 1. The summed E-state index contributed by atoms with van der Waals surface area (Å²) in [5.41, 5.74) is -0.0408. The number of esters is 1. The van der Waals surface area contributed by atoms with Crippen LogP contribution in [0.1, 0.15) is 43.5 Å². The summed E-state index contributed by atoms with van der Waals surface area (Å²) in [7, 11) is -4.07. The van der Waals surface area contributed by atoms with E-state index in [4.69, 9.17) is 21.5 Å². The first-order valence-corrected chi connectivity index (χ1v) is 9.84. The number of primary sulfonamides is 1. The first kappa shape index (κ1) is 19.7. The smallest absolute Gasteiger partial charge is 0.338 e. The number of amides is 1. The summed E-state index contributed by atoms with van der Waals surface area (Å²) in [6.45, 7) is 3.53. The molecule has 1 aromatic carbocycles. The van der Waals surface area contributed by atoms with Crippen molar-refractivity contribution >= 4 is 33.5 Å². The fourth-order valence-corrected chi connectivity index (χ4v) is 4.12. The molecule has 0 spiro atoms. The molecule has 0 aliphatic carbocycles. The van der Waals surface area contributed by atoms with Gasteiger partial charge in [-0.15, -0.1) is 0 Å². The van der Waals surface area contributed by atoms with Crippen LogP contribution in [0.2, 0.25) is 5.02 Å². The predicted octanol–water partition coefficient (Wildman–Crippen LogP) is 1.93. The molecule has 7 nitrogen and oxygen atoms in total. The molecule has 0 bridgehead atoms. The number of benzene rings is 1. The van der Waals surface area contributed by atoms with Crippen LogP contribution in [0.3, 0.4) is 0 Å². The lowest BCUT2D eigenvalue weighted by atomic mass is 9.97. The number of nitrogens with zero attached hydrogens (tertiary/aromatic N) is 1. The minimum absolute atomic E-state index is 0.0408. The van der Waals surface area contributed by atoms with E-state index in [1.807, 2.05) is 13.8 Å². The molecule has 1 aromatic rings. The Morgan fingerprint density at radius 3 is 2.44 bits per heavy atom. The highest BCUT2D eigenvalue weighted by atomic mass is 35.5. The van der Waals surface area contributed by atoms with Gasteiger partial charge in [-0.3, -0.25) is 4.79 Å². The van der Waals surface area contributed by atoms with Crippen LogP contribution in [0, 0.1) is 0 Å². The quantitative estimate of drug-likeness (QED) is 0.793. The Hall–Kier alpha value is -1.64. The first-order valence-electron chi connectivity index (χ1n) is 7.92. The molecule has 2 rings (SSSR count). The van der Waals surface area contributed by atoms with Crippen molar-refractivity contribution < 1.29 is 22.7 Å². The lowest BCUT2D eigenvalue weighted by Crippen LogP contribution is -2.49. The number of halogens is 1. The second-order valence-corrected chi connectivity index (χ2v) is 8.13. The molecule has 1 saturated heterocycles. The highest BCUT2D eigenvalue weighted by Crippen LogP contribution is 2.23. The largest absolute Gasteiger partial charge is 0.452 e. The van der Waals surface area contributed by atoms with Gasteiger partial charge in [-0.05, 0) is 51.3 Å². The van der Waals surface area contributed by atoms with Crippen molar-refractivity contribution in [3.05, 3.63) is 28.8 Å². The van der Waals surface area contributed by atoms with Gasteiger partial charge in [0.1, 0.15) is 4.90 Å². The Bertz CT molecular complexity index is 771. The minimum atomic E-state index is -4.07. The molecular formula is C16H21ClN2O5S. The summed E-state index contributed by atoms with van der Waals surface area (Å²) in [6, 6.07) is 3.79. The summed E-state index contributed by atoms with van der Waals surface area (Å²) in [5.74, 6) is -1.08. The monoisotopic (exact) mass is 388 g/mol. The second-order valence-electron chi connectivity index (χ2n) is 6.20. The molecule has 0 radical (unpaired) electrons. The number of nitrogens with two attached hydrogens (primary N) is 1. The Labute approximate surface area is 152 Å². The minimum Gasteiger partial charge on any atom is -0.452 e. The topological polar surface area (TPSA) is 107 Å². The number of sulfonamides is 1. The van der Waals surface area contributed by atoms with E-state index in [0.29, 0.717) is 0 Å². The molecule has 1 aliphatic rings. The molecule has 0 aromatic heterocycles. The number of hydrogen-bond acceptors (Lipinski definition) is 5. The summed E-state index contributed by atoms with van der Waals surface area (Å²) in [4.78, 5) is 25.8. The van der Waals surface area contributed by atoms with Crippen molar-refractivity contribution in [3.63, 3.8) is 0 Å². The molecule has 138 valence electrons. The standard InChI is InChI=1S/C16H21ClN2O5S/c1-10-4-3-5-11(2)19(10)15(20)9-24-16(21)12-6-7-13(17)14(8-12)25(18,22)23/h6-8,10-11H,3-5,9H2,1-2H3,(H2,18,22,23)/t10-,11-/m1/s1. The number of likely N-dealkylation sites (tertiary alicyclic amines) is 1. The van der Waals surface area contributed by atoms with E-state index in [-0.39, 0.29) is 33.5 Å². The van der Waals surface area contributed by atoms with Gasteiger partial charge in [0.15, 0.2) is 6.61 Å². The van der Waals surface area contributed by atoms with E-state index in [1.54, 1.807) is 4.90 Å². The van der Waals surface area contributed by atoms with Crippen molar-refractivity contribution in [2.45, 2.75) is 50.1 Å². The van der Waals surface area contributed by atoms with Gasteiger partial charge in [0.05, 0.1) is 10.6 Å². The van der Waals surface area contributed by atoms with Crippen LogP contribution in [-0.4, -0.2) is 43.9 Å². The molecule has 0 unspecified atom stereocenters. The zero-order valence-corrected chi connectivity index (χ0v) is 15.6. The van der Waals surface area contributed by atoms with Crippen LogP contribution < -0.4 is 5.14 Å². The van der Waals surface area contributed by atoms with E-state index in [1.165, 1.54) is 12.1 Å². The van der Waals surface area contributed by atoms with E-state index < -0.39 is 22.6 Å². The van der Waals surface area contributed by atoms with Crippen LogP contribution in [0.15, 0.2) is 23.1 Å². The van der Waals surface area contributed by atoms with Gasteiger partial charge in [-0.25, -0.2) is 18.4 Å². The fraction of sp³-hybridized carbons (Fsp3) is 0.500. The van der Waals surface area contributed by atoms with Crippen molar-refractivity contribution in [2.24, 2.45) is 5.14 Å². The number of rotatable bonds is 4. The Kier molecular flexibility index (Phi) is 6.08. The van der Waals surface area contributed by atoms with Gasteiger partial charge in [-0.1, -0.05) is 11.6 Å². The fourth-order valence-electron chi connectivity index (χ4n) is 3.05. The second kappa shape index (κ2) is 7.72. The molecule has 2 atom stereocenters. The van der Waals surface area contributed by atoms with E-state index >= 15 is 0 Å². The zero-order valence-electron chi connectivity index (χ0n) is 14.1. The Balaban J connectivity index is 2.06. The van der Waals surface area contributed by atoms with Gasteiger partial charge in [-0.2, -0.15) is 0 Å². The maximum atomic E-state index is 12.3. The lowest BCUT2D eigenvalue weighted by Gasteiger charge is -2.38. The van der Waals surface area contributed by atoms with Crippen LogP contribution in [0.25, 0.3) is 0 Å². The third kappa shape index (κ3) is 4.71. The summed E-state index contributed by atoms with van der Waals surface area (Å²) in [5, 5.41) is 4.96. The molecular weight excluding hydrogens is 368 g/mol. The maximum Gasteiger partial charge on any atom is 0.338 e. The van der Waals surface area contributed by atoms with Gasteiger partial charge in [0, 0.05) is 12.1 Å². The molecule has 2 N–H and O–H groups in total. The molecule has 1 amide bonds. The molecule has 1 heterocycles. The molecule has 25 heavy (non-hydrogen) atoms. The van der Waals surface area contributed by atoms with Crippen LogP contribution in [-0.2, 0) is 19.6 Å². The predicted molar refractivity (Wildman–Crippen MR) is 92.7 cm³/mol. The van der Waals surface area contributed by atoms with Crippen LogP contribution in [0.4, 0.5) is 0 Å². The summed E-state index contributed by atoms with van der Waals surface area (Å²) >= 11 is 5.77. The van der Waals surface area contributed by atoms with Crippen molar-refractivity contribution in [2.75, 3.05) is 6.61 Å². The van der Waals surface area contributed by atoms with Crippen molar-refractivity contribution in [3.8, 4) is 0 Å². The number of hydrogen-bond donors (Lipinski definition) is 1. The van der Waals surface area contributed by atoms with Crippen molar-refractivity contribution in [1.29, 1.82) is 0 Å². The Morgan fingerprint density at radius 2 is 1.88 bits per heavy atom. The highest BCUT2D eigenvalue weighted by Gasteiger charge is 2.29. The first-order chi connectivity index (χ1) is 11.6. The van der Waals surface area contributed by atoms with Gasteiger partial charge in [0.25, 0.3) is 5.91 Å². The molecule has 1 fully saturated rings. The summed E-state index contributed by atoms with van der Waals surface area (Å²) in [6.07, 6.45) is 2.89. The maximum absolute atomic E-state index is 12.3. The van der Waals surface area contributed by atoms with E-state index in [9.17, 15) is 18.0 Å². The Morgan fingerprint density at radius 1 is 1.28 bits per heavy atom. The molecule has 0 saturated carbocycles. The highest BCUT2D eigenvalue weighted by molar-refractivity contribution is 7.89. The van der Waals surface area contributed by atoms with Crippen LogP contribution >= 0.6 is 11.6 Å². The summed E-state index contributed by atoms with van der Waals surface area (Å²) < 4.78 is 27.9. The van der Waals surface area contributed by atoms with E-state index in [2.05, 4.69) is 0 Å². The normalized spacial score (nSPS) is 21.0. The third-order valence-corrected chi connectivity index (χ3v) is 5.67. The number of ether oxygens (including phenoxy) is 1. The van der Waals surface area contributed by atoms with Gasteiger partial charge >= 0.3 is 5.97 Å². The number of carbonyl (C=O) groups excluding carboxylic acids is 2. The third-order valence-electron chi connectivity index (χ3n) is 4.28. The van der Waals surface area contributed by atoms with Gasteiger partial charge < -0.3 is 9.64 Å². The van der Waals surface area contributed by atoms with Crippen molar-refractivity contribution in [1.82, 2.24) is 4.90 Å². The lowest BCUT2D eigenvalue weighted by molar-refractivity contribution is -0.140.